The molecule has 1 aromatic carbocycles. The quantitative estimate of drug-likeness (QED) is 0.857. The number of anilines is 1. The third kappa shape index (κ3) is 3.64. The van der Waals surface area contributed by atoms with E-state index in [-0.39, 0.29) is 18.3 Å². The summed E-state index contributed by atoms with van der Waals surface area (Å²) in [6, 6.07) is 4.46. The maximum absolute atomic E-state index is 6.02. The van der Waals surface area contributed by atoms with Crippen LogP contribution in [0, 0.1) is 0 Å². The molecule has 0 saturated heterocycles. The van der Waals surface area contributed by atoms with Crippen LogP contribution in [0.5, 0.6) is 11.6 Å². The number of hydrogen-bond acceptors (Lipinski definition) is 5. The molecule has 0 aliphatic rings. The van der Waals surface area contributed by atoms with Gasteiger partial charge in [0.15, 0.2) is 5.82 Å². The van der Waals surface area contributed by atoms with Crippen LogP contribution in [0.15, 0.2) is 18.2 Å². The molecule has 5 nitrogen and oxygen atoms in total. The topological polar surface area (TPSA) is 70.3 Å². The molecule has 8 heteroatoms. The zero-order valence-electron chi connectivity index (χ0n) is 10.4. The smallest absolute Gasteiger partial charge is 0.224 e. The summed E-state index contributed by atoms with van der Waals surface area (Å²) in [5.41, 5.74) is 5.67. The van der Waals surface area contributed by atoms with E-state index >= 15 is 0 Å². The number of nitrogens with two attached hydrogens (primary N) is 1. The highest BCUT2D eigenvalue weighted by molar-refractivity contribution is 6.43. The second kappa shape index (κ2) is 6.45. The van der Waals surface area contributed by atoms with E-state index in [0.29, 0.717) is 26.6 Å². The molecule has 0 saturated carbocycles. The lowest BCUT2D eigenvalue weighted by Gasteiger charge is -2.09. The van der Waals surface area contributed by atoms with Crippen LogP contribution in [0.1, 0.15) is 5.82 Å². The largest absolute Gasteiger partial charge is 0.437 e. The van der Waals surface area contributed by atoms with E-state index in [9.17, 15) is 0 Å². The fraction of sp³-hybridized carbons (Fsp3) is 0.167. The van der Waals surface area contributed by atoms with Gasteiger partial charge < -0.3 is 15.2 Å². The van der Waals surface area contributed by atoms with Crippen LogP contribution < -0.4 is 10.5 Å². The Morgan fingerprint density at radius 1 is 1.05 bits per heavy atom. The molecule has 0 unspecified atom stereocenters. The minimum Gasteiger partial charge on any atom is -0.437 e. The normalized spacial score (nSPS) is 10.6. The van der Waals surface area contributed by atoms with Crippen LogP contribution >= 0.6 is 34.8 Å². The van der Waals surface area contributed by atoms with Gasteiger partial charge in [-0.3, -0.25) is 0 Å². The van der Waals surface area contributed by atoms with E-state index in [4.69, 9.17) is 50.0 Å². The molecule has 2 N–H and O–H groups in total. The first-order chi connectivity index (χ1) is 9.49. The summed E-state index contributed by atoms with van der Waals surface area (Å²) in [5.74, 6) is 1.23. The van der Waals surface area contributed by atoms with Gasteiger partial charge in [0.1, 0.15) is 18.2 Å². The molecular weight excluding hydrogens is 325 g/mol. The number of ether oxygens (including phenoxy) is 2. The third-order valence-electron chi connectivity index (χ3n) is 2.23. The fourth-order valence-electron chi connectivity index (χ4n) is 1.43. The Labute approximate surface area is 130 Å². The molecule has 0 fully saturated rings. The predicted octanol–water partition coefficient (Wildman–Crippen LogP) is 3.96. The molecule has 106 valence electrons. The van der Waals surface area contributed by atoms with Crippen LogP contribution in [0.25, 0.3) is 0 Å². The third-order valence-corrected chi connectivity index (χ3v) is 3.25. The Balaban J connectivity index is 2.32. The lowest BCUT2D eigenvalue weighted by atomic mass is 10.3. The molecule has 1 heterocycles. The van der Waals surface area contributed by atoms with Crippen molar-refractivity contribution in [1.82, 2.24) is 9.97 Å². The summed E-state index contributed by atoms with van der Waals surface area (Å²) in [6.45, 7) is 0.219. The maximum Gasteiger partial charge on any atom is 0.224 e. The number of methoxy groups -OCH3 is 1. The molecule has 0 aliphatic carbocycles. The first kappa shape index (κ1) is 15.1. The predicted molar refractivity (Wildman–Crippen MR) is 78.7 cm³/mol. The zero-order valence-corrected chi connectivity index (χ0v) is 12.6. The molecule has 0 aliphatic heterocycles. The van der Waals surface area contributed by atoms with Gasteiger partial charge in [-0.25, -0.2) is 4.98 Å². The Morgan fingerprint density at radius 2 is 1.75 bits per heavy atom. The van der Waals surface area contributed by atoms with Crippen LogP contribution in [0.3, 0.4) is 0 Å². The average molecular weight is 335 g/mol. The fourth-order valence-corrected chi connectivity index (χ4v) is 2.01. The van der Waals surface area contributed by atoms with E-state index in [1.54, 1.807) is 0 Å². The average Bonchev–Trinajstić information content (AvgIpc) is 2.35. The number of benzene rings is 1. The van der Waals surface area contributed by atoms with Crippen LogP contribution in [0.4, 0.5) is 5.82 Å². The van der Waals surface area contributed by atoms with Gasteiger partial charge in [0, 0.05) is 19.2 Å². The Morgan fingerprint density at radius 3 is 2.45 bits per heavy atom. The van der Waals surface area contributed by atoms with Crippen molar-refractivity contribution in [3.05, 3.63) is 39.1 Å². The molecule has 0 radical (unpaired) electrons. The standard InChI is InChI=1S/C12H10Cl3N3O2/c1-19-5-11-17-10(16)4-12(18-11)20-9-3-7(14)6(13)2-8(9)15/h2-4H,5H2,1H3,(H2,16,17,18). The number of nitrogens with zero attached hydrogens (tertiary/aromatic N) is 2. The van der Waals surface area contributed by atoms with Gasteiger partial charge in [-0.15, -0.1) is 0 Å². The number of nitrogen functional groups attached to an aromatic ring is 1. The van der Waals surface area contributed by atoms with Crippen LogP contribution in [0.2, 0.25) is 15.1 Å². The van der Waals surface area contributed by atoms with Crippen molar-refractivity contribution in [3.8, 4) is 11.6 Å². The van der Waals surface area contributed by atoms with E-state index in [1.165, 1.54) is 25.3 Å². The van der Waals surface area contributed by atoms with Gasteiger partial charge in [-0.1, -0.05) is 34.8 Å². The summed E-state index contributed by atoms with van der Waals surface area (Å²) in [7, 11) is 1.53. The highest BCUT2D eigenvalue weighted by Gasteiger charge is 2.10. The Kier molecular flexibility index (Phi) is 4.88. The van der Waals surface area contributed by atoms with E-state index in [2.05, 4.69) is 9.97 Å². The minimum atomic E-state index is 0.219. The van der Waals surface area contributed by atoms with E-state index < -0.39 is 0 Å². The second-order valence-corrected chi connectivity index (χ2v) is 5.00. The summed E-state index contributed by atoms with van der Waals surface area (Å²) in [6.07, 6.45) is 0. The minimum absolute atomic E-state index is 0.219. The Hall–Kier alpha value is -1.27. The molecule has 0 amide bonds. The first-order valence-corrected chi connectivity index (χ1v) is 6.57. The van der Waals surface area contributed by atoms with Crippen molar-refractivity contribution < 1.29 is 9.47 Å². The van der Waals surface area contributed by atoms with Gasteiger partial charge in [0.25, 0.3) is 0 Å². The van der Waals surface area contributed by atoms with Crippen LogP contribution in [-0.2, 0) is 11.3 Å². The Bertz CT molecular complexity index is 638. The molecule has 2 aromatic rings. The van der Waals surface area contributed by atoms with Crippen molar-refractivity contribution in [2.75, 3.05) is 12.8 Å². The highest BCUT2D eigenvalue weighted by atomic mass is 35.5. The molecule has 20 heavy (non-hydrogen) atoms. The SMILES string of the molecule is COCc1nc(N)cc(Oc2cc(Cl)c(Cl)cc2Cl)n1. The van der Waals surface area contributed by atoms with Crippen molar-refractivity contribution in [2.24, 2.45) is 0 Å². The highest BCUT2D eigenvalue weighted by Crippen LogP contribution is 2.36. The maximum atomic E-state index is 6.02. The number of aromatic nitrogens is 2. The van der Waals surface area contributed by atoms with Crippen molar-refractivity contribution in [2.45, 2.75) is 6.61 Å². The molecular formula is C12H10Cl3N3O2. The lowest BCUT2D eigenvalue weighted by Crippen LogP contribution is -2.02. The number of halogens is 3. The molecule has 1 aromatic heterocycles. The lowest BCUT2D eigenvalue weighted by molar-refractivity contribution is 0.177. The van der Waals surface area contributed by atoms with Crippen molar-refractivity contribution in [3.63, 3.8) is 0 Å². The molecule has 0 atom stereocenters. The van der Waals surface area contributed by atoms with Crippen LogP contribution in [-0.4, -0.2) is 17.1 Å². The monoisotopic (exact) mass is 333 g/mol. The van der Waals surface area contributed by atoms with E-state index in [0.717, 1.165) is 0 Å². The van der Waals surface area contributed by atoms with Gasteiger partial charge in [0.05, 0.1) is 15.1 Å². The molecule has 2 rings (SSSR count). The summed E-state index contributed by atoms with van der Waals surface area (Å²) < 4.78 is 10.5. The molecule has 0 bridgehead atoms. The van der Waals surface area contributed by atoms with Gasteiger partial charge in [-0.2, -0.15) is 4.98 Å². The summed E-state index contributed by atoms with van der Waals surface area (Å²) in [4.78, 5) is 8.14. The zero-order chi connectivity index (χ0) is 14.7. The van der Waals surface area contributed by atoms with E-state index in [1.807, 2.05) is 0 Å². The number of rotatable bonds is 4. The van der Waals surface area contributed by atoms with Crippen molar-refractivity contribution >= 4 is 40.6 Å². The first-order valence-electron chi connectivity index (χ1n) is 5.44. The summed E-state index contributed by atoms with van der Waals surface area (Å²) >= 11 is 17.8. The van der Waals surface area contributed by atoms with Crippen molar-refractivity contribution in [1.29, 1.82) is 0 Å². The number of hydrogen-bond donors (Lipinski definition) is 1. The summed E-state index contributed by atoms with van der Waals surface area (Å²) in [5, 5.41) is 0.973. The molecule has 0 spiro atoms. The van der Waals surface area contributed by atoms with Gasteiger partial charge >= 0.3 is 0 Å². The van der Waals surface area contributed by atoms with Gasteiger partial charge in [0.2, 0.25) is 5.88 Å². The second-order valence-electron chi connectivity index (χ2n) is 3.78. The van der Waals surface area contributed by atoms with Gasteiger partial charge in [-0.05, 0) is 6.07 Å².